The van der Waals surface area contributed by atoms with Gasteiger partial charge in [-0.1, -0.05) is 6.08 Å². The minimum absolute atomic E-state index is 0.206. The Balaban J connectivity index is 2.78. The van der Waals surface area contributed by atoms with Crippen LogP contribution in [0.2, 0.25) is 0 Å². The van der Waals surface area contributed by atoms with E-state index in [0.717, 1.165) is 6.07 Å². The molecular weight excluding hydrogens is 190 g/mol. The van der Waals surface area contributed by atoms with Crippen molar-refractivity contribution in [1.82, 2.24) is 0 Å². The molecule has 1 aromatic rings. The van der Waals surface area contributed by atoms with E-state index in [1.54, 1.807) is 6.08 Å². The number of aromatic hydroxyl groups is 1. The van der Waals surface area contributed by atoms with E-state index in [0.29, 0.717) is 6.42 Å². The summed E-state index contributed by atoms with van der Waals surface area (Å²) in [4.78, 5) is 0. The Bertz CT molecular complexity index is 337. The Morgan fingerprint density at radius 2 is 2.07 bits per heavy atom. The molecule has 0 atom stereocenters. The zero-order valence-corrected chi connectivity index (χ0v) is 7.46. The molecule has 0 fully saturated rings. The molecule has 1 rings (SSSR count). The van der Waals surface area contributed by atoms with Gasteiger partial charge in [-0.2, -0.15) is 8.78 Å². The molecule has 0 saturated heterocycles. The predicted octanol–water partition coefficient (Wildman–Crippen LogP) is 2.63. The third kappa shape index (κ3) is 2.22. The molecule has 0 heterocycles. The summed E-state index contributed by atoms with van der Waals surface area (Å²) >= 11 is 0. The molecule has 1 N–H and O–H groups in total. The quantitative estimate of drug-likeness (QED) is 0.598. The average Bonchev–Trinajstić information content (AvgIpc) is 2.18. The van der Waals surface area contributed by atoms with Crippen LogP contribution in [0.15, 0.2) is 24.8 Å². The van der Waals surface area contributed by atoms with Gasteiger partial charge >= 0.3 is 0 Å². The van der Waals surface area contributed by atoms with Crippen molar-refractivity contribution in [2.24, 2.45) is 0 Å². The van der Waals surface area contributed by atoms with Crippen LogP contribution >= 0.6 is 0 Å². The minimum Gasteiger partial charge on any atom is -0.505 e. The summed E-state index contributed by atoms with van der Waals surface area (Å²) in [5.41, 5.74) is 0. The van der Waals surface area contributed by atoms with E-state index >= 15 is 0 Å². The normalized spacial score (nSPS) is 9.86. The Kier molecular flexibility index (Phi) is 3.45. The van der Waals surface area contributed by atoms with Crippen molar-refractivity contribution in [1.29, 1.82) is 0 Å². The van der Waals surface area contributed by atoms with E-state index in [1.165, 1.54) is 6.07 Å². The zero-order chi connectivity index (χ0) is 10.6. The van der Waals surface area contributed by atoms with Crippen LogP contribution < -0.4 is 4.74 Å². The number of benzene rings is 1. The number of rotatable bonds is 4. The number of phenolic OH excluding ortho intramolecular Hbond substituents is 1. The number of halogens is 2. The van der Waals surface area contributed by atoms with Gasteiger partial charge in [0.2, 0.25) is 11.6 Å². The van der Waals surface area contributed by atoms with Gasteiger partial charge in [-0.05, 0) is 18.6 Å². The molecule has 1 aromatic carbocycles. The molecule has 0 aliphatic carbocycles. The molecule has 0 aromatic heterocycles. The Morgan fingerprint density at radius 1 is 1.36 bits per heavy atom. The maximum atomic E-state index is 13.0. The van der Waals surface area contributed by atoms with Crippen molar-refractivity contribution in [3.63, 3.8) is 0 Å². The topological polar surface area (TPSA) is 29.5 Å². The Labute approximate surface area is 80.4 Å². The summed E-state index contributed by atoms with van der Waals surface area (Å²) in [6.07, 6.45) is 2.15. The van der Waals surface area contributed by atoms with Gasteiger partial charge < -0.3 is 9.84 Å². The molecule has 0 unspecified atom stereocenters. The maximum Gasteiger partial charge on any atom is 0.204 e. The SMILES string of the molecule is C=CCCOc1ccc(O)c(F)c1F. The molecule has 0 aliphatic rings. The molecule has 0 saturated carbocycles. The van der Waals surface area contributed by atoms with Gasteiger partial charge in [0.25, 0.3) is 0 Å². The van der Waals surface area contributed by atoms with Crippen molar-refractivity contribution in [3.05, 3.63) is 36.4 Å². The molecule has 0 amide bonds. The fourth-order valence-corrected chi connectivity index (χ4v) is 0.885. The van der Waals surface area contributed by atoms with E-state index in [-0.39, 0.29) is 12.4 Å². The third-order valence-corrected chi connectivity index (χ3v) is 1.61. The van der Waals surface area contributed by atoms with Crippen LogP contribution in [-0.4, -0.2) is 11.7 Å². The molecular formula is C10H10F2O2. The van der Waals surface area contributed by atoms with E-state index < -0.39 is 17.4 Å². The second-order valence-electron chi connectivity index (χ2n) is 2.64. The molecule has 4 heteroatoms. The summed E-state index contributed by atoms with van der Waals surface area (Å²) in [5, 5.41) is 8.81. The van der Waals surface area contributed by atoms with Crippen molar-refractivity contribution < 1.29 is 18.6 Å². The van der Waals surface area contributed by atoms with Crippen molar-refractivity contribution in [2.75, 3.05) is 6.61 Å². The molecule has 0 radical (unpaired) electrons. The minimum atomic E-state index is -1.29. The second kappa shape index (κ2) is 4.60. The van der Waals surface area contributed by atoms with Gasteiger partial charge in [0.15, 0.2) is 11.5 Å². The molecule has 0 bridgehead atoms. The smallest absolute Gasteiger partial charge is 0.204 e. The lowest BCUT2D eigenvalue weighted by Gasteiger charge is -2.06. The first-order valence-corrected chi connectivity index (χ1v) is 4.07. The summed E-state index contributed by atoms with van der Waals surface area (Å²) in [6, 6.07) is 2.22. The summed E-state index contributed by atoms with van der Waals surface area (Å²) in [6.45, 7) is 3.68. The highest BCUT2D eigenvalue weighted by Crippen LogP contribution is 2.26. The maximum absolute atomic E-state index is 13.0. The van der Waals surface area contributed by atoms with Crippen LogP contribution in [0, 0.1) is 11.6 Å². The largest absolute Gasteiger partial charge is 0.505 e. The monoisotopic (exact) mass is 200 g/mol. The highest BCUT2D eigenvalue weighted by molar-refractivity contribution is 5.33. The van der Waals surface area contributed by atoms with E-state index in [9.17, 15) is 8.78 Å². The van der Waals surface area contributed by atoms with Crippen LogP contribution in [0.5, 0.6) is 11.5 Å². The van der Waals surface area contributed by atoms with Gasteiger partial charge in [0.05, 0.1) is 6.61 Å². The lowest BCUT2D eigenvalue weighted by molar-refractivity contribution is 0.297. The fourth-order valence-electron chi connectivity index (χ4n) is 0.885. The molecule has 14 heavy (non-hydrogen) atoms. The Morgan fingerprint density at radius 3 is 2.71 bits per heavy atom. The predicted molar refractivity (Wildman–Crippen MR) is 48.3 cm³/mol. The average molecular weight is 200 g/mol. The van der Waals surface area contributed by atoms with Crippen LogP contribution in [0.25, 0.3) is 0 Å². The van der Waals surface area contributed by atoms with E-state index in [1.807, 2.05) is 0 Å². The fraction of sp³-hybridized carbons (Fsp3) is 0.200. The van der Waals surface area contributed by atoms with Gasteiger partial charge in [-0.15, -0.1) is 6.58 Å². The van der Waals surface area contributed by atoms with Crippen molar-refractivity contribution in [2.45, 2.75) is 6.42 Å². The molecule has 0 aliphatic heterocycles. The number of hydrogen-bond acceptors (Lipinski definition) is 2. The van der Waals surface area contributed by atoms with Gasteiger partial charge in [-0.3, -0.25) is 0 Å². The van der Waals surface area contributed by atoms with Crippen molar-refractivity contribution in [3.8, 4) is 11.5 Å². The number of phenols is 1. The van der Waals surface area contributed by atoms with Crippen LogP contribution in [0.4, 0.5) is 8.78 Å². The summed E-state index contributed by atoms with van der Waals surface area (Å²) < 4.78 is 30.7. The van der Waals surface area contributed by atoms with Crippen LogP contribution in [-0.2, 0) is 0 Å². The van der Waals surface area contributed by atoms with Crippen LogP contribution in [0.3, 0.4) is 0 Å². The van der Waals surface area contributed by atoms with Gasteiger partial charge in [-0.25, -0.2) is 0 Å². The van der Waals surface area contributed by atoms with Crippen molar-refractivity contribution >= 4 is 0 Å². The number of hydrogen-bond donors (Lipinski definition) is 1. The first-order valence-electron chi connectivity index (χ1n) is 4.07. The third-order valence-electron chi connectivity index (χ3n) is 1.61. The zero-order valence-electron chi connectivity index (χ0n) is 7.46. The van der Waals surface area contributed by atoms with E-state index in [4.69, 9.17) is 9.84 Å². The standard InChI is InChI=1S/C10H10F2O2/c1-2-3-6-14-8-5-4-7(13)9(11)10(8)12/h2,4-5,13H,1,3,6H2. The molecule has 76 valence electrons. The molecule has 2 nitrogen and oxygen atoms in total. The first kappa shape index (κ1) is 10.5. The van der Waals surface area contributed by atoms with Gasteiger partial charge in [0.1, 0.15) is 0 Å². The summed E-state index contributed by atoms with van der Waals surface area (Å²) in [5.74, 6) is -3.39. The first-order chi connectivity index (χ1) is 6.66. The highest BCUT2D eigenvalue weighted by Gasteiger charge is 2.13. The number of ether oxygens (including phenoxy) is 1. The molecule has 0 spiro atoms. The summed E-state index contributed by atoms with van der Waals surface area (Å²) in [7, 11) is 0. The van der Waals surface area contributed by atoms with Crippen LogP contribution in [0.1, 0.15) is 6.42 Å². The highest BCUT2D eigenvalue weighted by atomic mass is 19.2. The lowest BCUT2D eigenvalue weighted by Crippen LogP contribution is -1.99. The Hall–Kier alpha value is -1.58. The van der Waals surface area contributed by atoms with E-state index in [2.05, 4.69) is 6.58 Å². The van der Waals surface area contributed by atoms with Gasteiger partial charge in [0, 0.05) is 0 Å². The second-order valence-corrected chi connectivity index (χ2v) is 2.64. The lowest BCUT2D eigenvalue weighted by atomic mass is 10.3.